The Labute approximate surface area is 92.8 Å². The Morgan fingerprint density at radius 1 is 1.38 bits per heavy atom. The van der Waals surface area contributed by atoms with Gasteiger partial charge in [-0.3, -0.25) is 4.79 Å². The number of carbonyl (C=O) groups is 2. The second-order valence-electron chi connectivity index (χ2n) is 3.90. The van der Waals surface area contributed by atoms with Gasteiger partial charge in [0.05, 0.1) is 0 Å². The van der Waals surface area contributed by atoms with Gasteiger partial charge in [0.1, 0.15) is 12.0 Å². The van der Waals surface area contributed by atoms with Crippen LogP contribution in [0.1, 0.15) is 23.2 Å². The lowest BCUT2D eigenvalue weighted by Crippen LogP contribution is -2.29. The number of carbonyl (C=O) groups excluding carboxylic acids is 1. The molecule has 1 aliphatic carbocycles. The van der Waals surface area contributed by atoms with Crippen molar-refractivity contribution in [3.05, 3.63) is 29.8 Å². The van der Waals surface area contributed by atoms with Gasteiger partial charge in [-0.05, 0) is 37.1 Å². The van der Waals surface area contributed by atoms with Gasteiger partial charge in [-0.2, -0.15) is 0 Å². The van der Waals surface area contributed by atoms with Crippen LogP contribution in [0.5, 0.6) is 5.75 Å². The van der Waals surface area contributed by atoms with Gasteiger partial charge in [-0.25, -0.2) is 4.79 Å². The molecule has 1 atom stereocenters. The number of benzene rings is 1. The fourth-order valence-corrected chi connectivity index (χ4v) is 1.52. The van der Waals surface area contributed by atoms with Crippen molar-refractivity contribution in [3.63, 3.8) is 0 Å². The van der Waals surface area contributed by atoms with E-state index in [0.29, 0.717) is 11.3 Å². The van der Waals surface area contributed by atoms with E-state index in [4.69, 9.17) is 9.84 Å². The Morgan fingerprint density at radius 3 is 2.44 bits per heavy atom. The topological polar surface area (TPSA) is 63.6 Å². The Kier molecular flexibility index (Phi) is 2.90. The van der Waals surface area contributed by atoms with Gasteiger partial charge >= 0.3 is 5.97 Å². The number of carboxylic acids is 1. The number of ether oxygens (including phenoxy) is 1. The molecular formula is C12H12O4. The average Bonchev–Trinajstić information content (AvgIpc) is 3.10. The van der Waals surface area contributed by atoms with Gasteiger partial charge < -0.3 is 9.84 Å². The molecule has 0 spiro atoms. The maximum absolute atomic E-state index is 10.9. The van der Waals surface area contributed by atoms with Crippen LogP contribution in [0.4, 0.5) is 0 Å². The van der Waals surface area contributed by atoms with Crippen molar-refractivity contribution in [1.29, 1.82) is 0 Å². The van der Waals surface area contributed by atoms with Gasteiger partial charge in [0.25, 0.3) is 0 Å². The maximum Gasteiger partial charge on any atom is 0.345 e. The summed E-state index contributed by atoms with van der Waals surface area (Å²) in [6.07, 6.45) is 1.79. The van der Waals surface area contributed by atoms with E-state index < -0.39 is 12.1 Å². The lowest BCUT2D eigenvalue weighted by Gasteiger charge is -2.14. The predicted octanol–water partition coefficient (Wildman–Crippen LogP) is 1.74. The largest absolute Gasteiger partial charge is 0.478 e. The SMILES string of the molecule is O=Cc1ccc(OC(C(=O)O)C2CC2)cc1. The van der Waals surface area contributed by atoms with Crippen molar-refractivity contribution >= 4 is 12.3 Å². The molecule has 84 valence electrons. The van der Waals surface area contributed by atoms with E-state index in [1.807, 2.05) is 0 Å². The summed E-state index contributed by atoms with van der Waals surface area (Å²) in [5.41, 5.74) is 0.547. The second-order valence-corrected chi connectivity index (χ2v) is 3.90. The normalized spacial score (nSPS) is 16.5. The molecule has 0 aromatic heterocycles. The lowest BCUT2D eigenvalue weighted by molar-refractivity contribution is -0.146. The second kappa shape index (κ2) is 4.35. The van der Waals surface area contributed by atoms with Crippen molar-refractivity contribution in [3.8, 4) is 5.75 Å². The van der Waals surface area contributed by atoms with Gasteiger partial charge in [0, 0.05) is 11.5 Å². The lowest BCUT2D eigenvalue weighted by atomic mass is 10.2. The molecular weight excluding hydrogens is 208 g/mol. The zero-order valence-electron chi connectivity index (χ0n) is 8.63. The third-order valence-corrected chi connectivity index (χ3v) is 2.57. The summed E-state index contributed by atoms with van der Waals surface area (Å²) in [5, 5.41) is 8.96. The summed E-state index contributed by atoms with van der Waals surface area (Å²) in [6, 6.07) is 6.44. The van der Waals surface area contributed by atoms with Crippen LogP contribution in [0.2, 0.25) is 0 Å². The summed E-state index contributed by atoms with van der Waals surface area (Å²) < 4.78 is 5.38. The van der Waals surface area contributed by atoms with Crippen LogP contribution in [0.3, 0.4) is 0 Å². The molecule has 1 N–H and O–H groups in total. The first-order valence-corrected chi connectivity index (χ1v) is 5.15. The van der Waals surface area contributed by atoms with Crippen LogP contribution in [0.15, 0.2) is 24.3 Å². The van der Waals surface area contributed by atoms with E-state index in [1.165, 1.54) is 0 Å². The van der Waals surface area contributed by atoms with Gasteiger partial charge in [0.2, 0.25) is 0 Å². The summed E-state index contributed by atoms with van der Waals surface area (Å²) >= 11 is 0. The molecule has 1 aromatic rings. The molecule has 2 rings (SSSR count). The molecule has 0 aliphatic heterocycles. The highest BCUT2D eigenvalue weighted by atomic mass is 16.5. The minimum atomic E-state index is -0.929. The van der Waals surface area contributed by atoms with Crippen molar-refractivity contribution in [1.82, 2.24) is 0 Å². The average molecular weight is 220 g/mol. The first kappa shape index (κ1) is 10.7. The van der Waals surface area contributed by atoms with E-state index >= 15 is 0 Å². The van der Waals surface area contributed by atoms with Crippen LogP contribution in [-0.4, -0.2) is 23.5 Å². The molecule has 1 aliphatic rings. The molecule has 4 heteroatoms. The van der Waals surface area contributed by atoms with Crippen molar-refractivity contribution in [2.24, 2.45) is 5.92 Å². The number of hydrogen-bond donors (Lipinski definition) is 1. The highest BCUT2D eigenvalue weighted by Gasteiger charge is 2.38. The molecule has 0 bridgehead atoms. The van der Waals surface area contributed by atoms with Gasteiger partial charge in [0.15, 0.2) is 6.10 Å². The molecule has 0 radical (unpaired) electrons. The third kappa shape index (κ3) is 2.39. The fourth-order valence-electron chi connectivity index (χ4n) is 1.52. The van der Waals surface area contributed by atoms with Crippen LogP contribution < -0.4 is 4.74 Å². The molecule has 1 saturated carbocycles. The first-order valence-electron chi connectivity index (χ1n) is 5.15. The van der Waals surface area contributed by atoms with Crippen molar-refractivity contribution in [2.45, 2.75) is 18.9 Å². The summed E-state index contributed by atoms with van der Waals surface area (Å²) in [7, 11) is 0. The van der Waals surface area contributed by atoms with Gasteiger partial charge in [-0.1, -0.05) is 0 Å². The van der Waals surface area contributed by atoms with Crippen LogP contribution in [-0.2, 0) is 4.79 Å². The Morgan fingerprint density at radius 2 is 2.00 bits per heavy atom. The van der Waals surface area contributed by atoms with Crippen LogP contribution in [0.25, 0.3) is 0 Å². The zero-order valence-corrected chi connectivity index (χ0v) is 8.63. The van der Waals surface area contributed by atoms with Crippen LogP contribution in [0, 0.1) is 5.92 Å². The summed E-state index contributed by atoms with van der Waals surface area (Å²) in [6.45, 7) is 0. The minimum Gasteiger partial charge on any atom is -0.478 e. The predicted molar refractivity (Wildman–Crippen MR) is 56.6 cm³/mol. The highest BCUT2D eigenvalue weighted by molar-refractivity contribution is 5.75. The standard InChI is InChI=1S/C12H12O4/c13-7-8-1-5-10(6-2-8)16-11(12(14)15)9-3-4-9/h1-2,5-7,9,11H,3-4H2,(H,14,15). The van der Waals surface area contributed by atoms with Crippen LogP contribution >= 0.6 is 0 Å². The number of hydrogen-bond acceptors (Lipinski definition) is 3. The molecule has 4 nitrogen and oxygen atoms in total. The number of aliphatic carboxylic acids is 1. The molecule has 0 amide bonds. The summed E-state index contributed by atoms with van der Waals surface area (Å²) in [4.78, 5) is 21.4. The third-order valence-electron chi connectivity index (χ3n) is 2.57. The van der Waals surface area contributed by atoms with Crippen molar-refractivity contribution < 1.29 is 19.4 Å². The van der Waals surface area contributed by atoms with Crippen molar-refractivity contribution in [2.75, 3.05) is 0 Å². The number of rotatable bonds is 5. The minimum absolute atomic E-state index is 0.128. The maximum atomic E-state index is 10.9. The molecule has 0 saturated heterocycles. The Balaban J connectivity index is 2.06. The Hall–Kier alpha value is -1.84. The number of aldehydes is 1. The molecule has 16 heavy (non-hydrogen) atoms. The molecule has 1 unspecified atom stereocenters. The van der Waals surface area contributed by atoms with E-state index in [2.05, 4.69) is 0 Å². The van der Waals surface area contributed by atoms with E-state index in [1.54, 1.807) is 24.3 Å². The summed E-state index contributed by atoms with van der Waals surface area (Å²) in [5.74, 6) is -0.310. The fraction of sp³-hybridized carbons (Fsp3) is 0.333. The van der Waals surface area contributed by atoms with E-state index in [-0.39, 0.29) is 5.92 Å². The zero-order chi connectivity index (χ0) is 11.5. The molecule has 1 fully saturated rings. The van der Waals surface area contributed by atoms with Gasteiger partial charge in [-0.15, -0.1) is 0 Å². The first-order chi connectivity index (χ1) is 7.70. The Bertz CT molecular complexity index is 392. The van der Waals surface area contributed by atoms with E-state index in [0.717, 1.165) is 19.1 Å². The monoisotopic (exact) mass is 220 g/mol. The quantitative estimate of drug-likeness (QED) is 0.768. The number of carboxylic acid groups (broad SMARTS) is 1. The highest BCUT2D eigenvalue weighted by Crippen LogP contribution is 2.35. The smallest absolute Gasteiger partial charge is 0.345 e. The van der Waals surface area contributed by atoms with E-state index in [9.17, 15) is 9.59 Å². The molecule has 1 aromatic carbocycles. The molecule has 0 heterocycles.